The minimum atomic E-state index is -0.228. The lowest BCUT2D eigenvalue weighted by Gasteiger charge is -2.42. The van der Waals surface area contributed by atoms with E-state index in [0.29, 0.717) is 12.8 Å². The number of rotatable bonds is 3. The summed E-state index contributed by atoms with van der Waals surface area (Å²) in [6, 6.07) is 11.2. The molecule has 0 saturated heterocycles. The number of aromatic nitrogens is 1. The summed E-state index contributed by atoms with van der Waals surface area (Å²) in [5.74, 6) is 0.638. The van der Waals surface area contributed by atoms with Crippen molar-refractivity contribution in [1.29, 1.82) is 0 Å². The Morgan fingerprint density at radius 1 is 1.11 bits per heavy atom. The monoisotopic (exact) mass is 376 g/mol. The van der Waals surface area contributed by atoms with Crippen LogP contribution in [0.15, 0.2) is 60.1 Å². The van der Waals surface area contributed by atoms with E-state index in [1.54, 1.807) is 24.4 Å². The number of carbonyl (C=O) groups is 2. The molecule has 144 valence electrons. The quantitative estimate of drug-likeness (QED) is 0.803. The third-order valence-corrected chi connectivity index (χ3v) is 5.56. The molecule has 4 rings (SSSR count). The summed E-state index contributed by atoms with van der Waals surface area (Å²) in [7, 11) is 1.61. The molecule has 1 amide bonds. The molecule has 2 aliphatic rings. The van der Waals surface area contributed by atoms with Crippen molar-refractivity contribution in [1.82, 2.24) is 4.98 Å². The first-order valence-electron chi connectivity index (χ1n) is 9.53. The molecule has 1 aliphatic heterocycles. The highest BCUT2D eigenvalue weighted by Gasteiger charge is 2.44. The molecule has 1 aliphatic carbocycles. The van der Waals surface area contributed by atoms with Crippen LogP contribution in [0.3, 0.4) is 0 Å². The van der Waals surface area contributed by atoms with Gasteiger partial charge in [-0.2, -0.15) is 0 Å². The zero-order valence-corrected chi connectivity index (χ0v) is 16.4. The zero-order chi connectivity index (χ0) is 19.9. The van der Waals surface area contributed by atoms with Crippen LogP contribution in [-0.2, 0) is 9.59 Å². The number of hydrogen-bond acceptors (Lipinski definition) is 4. The van der Waals surface area contributed by atoms with Crippen LogP contribution < -0.4 is 9.64 Å². The van der Waals surface area contributed by atoms with Gasteiger partial charge in [-0.05, 0) is 47.7 Å². The van der Waals surface area contributed by atoms with Crippen LogP contribution in [-0.4, -0.2) is 23.8 Å². The van der Waals surface area contributed by atoms with Gasteiger partial charge in [0.1, 0.15) is 5.75 Å². The van der Waals surface area contributed by atoms with Crippen molar-refractivity contribution in [2.75, 3.05) is 12.0 Å². The Labute approximate surface area is 165 Å². The van der Waals surface area contributed by atoms with Crippen LogP contribution in [0.5, 0.6) is 5.75 Å². The summed E-state index contributed by atoms with van der Waals surface area (Å²) in [5, 5.41) is 0. The van der Waals surface area contributed by atoms with Crippen molar-refractivity contribution < 1.29 is 14.3 Å². The number of ketones is 1. The lowest BCUT2D eigenvalue weighted by Crippen LogP contribution is -2.43. The number of carbonyl (C=O) groups excluding carboxylic acids is 2. The Morgan fingerprint density at radius 2 is 1.86 bits per heavy atom. The second-order valence-electron chi connectivity index (χ2n) is 8.27. The summed E-state index contributed by atoms with van der Waals surface area (Å²) in [5.41, 5.74) is 3.11. The van der Waals surface area contributed by atoms with Gasteiger partial charge in [0.2, 0.25) is 5.91 Å². The number of nitrogens with zero attached hydrogens (tertiary/aromatic N) is 2. The number of amides is 1. The van der Waals surface area contributed by atoms with E-state index in [4.69, 9.17) is 4.74 Å². The average molecular weight is 376 g/mol. The maximum Gasteiger partial charge on any atom is 0.232 e. The number of allylic oxidation sites excluding steroid dienone is 2. The predicted molar refractivity (Wildman–Crippen MR) is 107 cm³/mol. The molecule has 2 aromatic rings. The van der Waals surface area contributed by atoms with Gasteiger partial charge >= 0.3 is 0 Å². The van der Waals surface area contributed by atoms with Crippen molar-refractivity contribution in [2.24, 2.45) is 5.41 Å². The highest BCUT2D eigenvalue weighted by atomic mass is 16.5. The zero-order valence-electron chi connectivity index (χ0n) is 16.4. The first-order chi connectivity index (χ1) is 13.4. The van der Waals surface area contributed by atoms with E-state index in [1.165, 1.54) is 0 Å². The van der Waals surface area contributed by atoms with Crippen LogP contribution in [0.1, 0.15) is 44.6 Å². The molecule has 0 fully saturated rings. The van der Waals surface area contributed by atoms with E-state index in [1.807, 2.05) is 36.4 Å². The van der Waals surface area contributed by atoms with Crippen molar-refractivity contribution in [3.8, 4) is 5.75 Å². The van der Waals surface area contributed by atoms with Crippen molar-refractivity contribution in [2.45, 2.75) is 39.0 Å². The van der Waals surface area contributed by atoms with E-state index in [9.17, 15) is 9.59 Å². The Bertz CT molecular complexity index is 946. The molecule has 5 nitrogen and oxygen atoms in total. The minimum Gasteiger partial charge on any atom is -0.497 e. The highest BCUT2D eigenvalue weighted by molar-refractivity contribution is 6.07. The van der Waals surface area contributed by atoms with Gasteiger partial charge in [-0.1, -0.05) is 19.9 Å². The molecule has 0 saturated carbocycles. The molecule has 0 radical (unpaired) electrons. The second kappa shape index (κ2) is 6.89. The lowest BCUT2D eigenvalue weighted by molar-refractivity contribution is -0.121. The van der Waals surface area contributed by atoms with E-state index in [0.717, 1.165) is 28.3 Å². The van der Waals surface area contributed by atoms with Gasteiger partial charge in [0.05, 0.1) is 7.11 Å². The first kappa shape index (κ1) is 18.4. The smallest absolute Gasteiger partial charge is 0.232 e. The fourth-order valence-electron chi connectivity index (χ4n) is 4.31. The summed E-state index contributed by atoms with van der Waals surface area (Å²) >= 11 is 0. The maximum atomic E-state index is 13.2. The molecule has 0 N–H and O–H groups in total. The standard InChI is InChI=1S/C23H24N2O3/c1-23(2)12-19-22(20(26)13-23)18(15-5-4-10-24-14-15)11-21(27)25(19)16-6-8-17(28-3)9-7-16/h4-10,14,18H,11-13H2,1-3H3. The van der Waals surface area contributed by atoms with Crippen molar-refractivity contribution in [3.63, 3.8) is 0 Å². The van der Waals surface area contributed by atoms with E-state index in [-0.39, 0.29) is 29.4 Å². The van der Waals surface area contributed by atoms with Gasteiger partial charge in [-0.25, -0.2) is 0 Å². The van der Waals surface area contributed by atoms with Crippen LogP contribution in [0.4, 0.5) is 5.69 Å². The highest BCUT2D eigenvalue weighted by Crippen LogP contribution is 2.48. The normalized spacial score (nSPS) is 21.5. The Balaban J connectivity index is 1.86. The Morgan fingerprint density at radius 3 is 2.50 bits per heavy atom. The molecule has 0 bridgehead atoms. The molecule has 28 heavy (non-hydrogen) atoms. The van der Waals surface area contributed by atoms with Crippen LogP contribution in [0, 0.1) is 5.41 Å². The number of Topliss-reactive ketones (excluding diaryl/α,β-unsaturated/α-hetero) is 1. The van der Waals surface area contributed by atoms with Gasteiger partial charge in [-0.15, -0.1) is 0 Å². The topological polar surface area (TPSA) is 59.5 Å². The summed E-state index contributed by atoms with van der Waals surface area (Å²) in [4.78, 5) is 32.3. The van der Waals surface area contributed by atoms with Gasteiger partial charge in [0, 0.05) is 48.1 Å². The second-order valence-corrected chi connectivity index (χ2v) is 8.27. The van der Waals surface area contributed by atoms with Gasteiger partial charge in [0.15, 0.2) is 5.78 Å². The molecule has 1 unspecified atom stereocenters. The van der Waals surface area contributed by atoms with E-state index >= 15 is 0 Å². The first-order valence-corrected chi connectivity index (χ1v) is 9.53. The minimum absolute atomic E-state index is 0.00303. The van der Waals surface area contributed by atoms with Crippen LogP contribution >= 0.6 is 0 Å². The number of anilines is 1. The number of benzene rings is 1. The summed E-state index contributed by atoms with van der Waals surface area (Å²) in [6.07, 6.45) is 4.91. The molecule has 1 aromatic carbocycles. The third kappa shape index (κ3) is 3.21. The number of pyridine rings is 1. The fourth-order valence-corrected chi connectivity index (χ4v) is 4.31. The van der Waals surface area contributed by atoms with Gasteiger partial charge in [0.25, 0.3) is 0 Å². The number of ether oxygens (including phenoxy) is 1. The molecule has 2 heterocycles. The van der Waals surface area contributed by atoms with Crippen molar-refractivity contribution in [3.05, 3.63) is 65.6 Å². The number of methoxy groups -OCH3 is 1. The average Bonchev–Trinajstić information content (AvgIpc) is 2.67. The van der Waals surface area contributed by atoms with E-state index in [2.05, 4.69) is 18.8 Å². The largest absolute Gasteiger partial charge is 0.497 e. The Kier molecular flexibility index (Phi) is 4.53. The summed E-state index contributed by atoms with van der Waals surface area (Å²) in [6.45, 7) is 4.16. The maximum absolute atomic E-state index is 13.2. The molecular formula is C23H24N2O3. The van der Waals surface area contributed by atoms with Gasteiger partial charge in [-0.3, -0.25) is 19.5 Å². The third-order valence-electron chi connectivity index (χ3n) is 5.56. The van der Waals surface area contributed by atoms with E-state index < -0.39 is 0 Å². The number of hydrogen-bond donors (Lipinski definition) is 0. The summed E-state index contributed by atoms with van der Waals surface area (Å²) < 4.78 is 5.24. The SMILES string of the molecule is COc1ccc(N2C(=O)CC(c3cccnc3)C3=C2CC(C)(C)CC3=O)cc1. The predicted octanol–water partition coefficient (Wildman–Crippen LogP) is 4.25. The fraction of sp³-hybridized carbons (Fsp3) is 0.348. The Hall–Kier alpha value is -2.95. The van der Waals surface area contributed by atoms with Crippen LogP contribution in [0.25, 0.3) is 0 Å². The van der Waals surface area contributed by atoms with Gasteiger partial charge < -0.3 is 4.74 Å². The van der Waals surface area contributed by atoms with Crippen LogP contribution in [0.2, 0.25) is 0 Å². The molecular weight excluding hydrogens is 352 g/mol. The molecule has 1 aromatic heterocycles. The lowest BCUT2D eigenvalue weighted by atomic mass is 9.69. The van der Waals surface area contributed by atoms with Crippen molar-refractivity contribution >= 4 is 17.4 Å². The molecule has 5 heteroatoms. The molecule has 0 spiro atoms. The molecule has 1 atom stereocenters.